The molecular weight excluding hydrogens is 454 g/mol. The molecule has 35 heavy (non-hydrogen) atoms. The van der Waals surface area contributed by atoms with E-state index in [0.717, 1.165) is 48.0 Å². The molecule has 6 nitrogen and oxygen atoms in total. The maximum Gasteiger partial charge on any atom is 0.233 e. The highest BCUT2D eigenvalue weighted by Crippen LogP contribution is 2.32. The maximum absolute atomic E-state index is 13.2. The van der Waals surface area contributed by atoms with E-state index in [1.807, 2.05) is 29.3 Å². The van der Waals surface area contributed by atoms with Crippen LogP contribution in [0.25, 0.3) is 17.1 Å². The largest absolute Gasteiger partial charge is 0.337 e. The van der Waals surface area contributed by atoms with Gasteiger partial charge in [0.1, 0.15) is 0 Å². The highest BCUT2D eigenvalue weighted by atomic mass is 32.2. The Morgan fingerprint density at radius 1 is 0.943 bits per heavy atom. The third kappa shape index (κ3) is 4.73. The molecule has 0 saturated heterocycles. The number of benzene rings is 2. The molecule has 2 aromatic heterocycles. The number of para-hydroxylation sites is 1. The van der Waals surface area contributed by atoms with Gasteiger partial charge in [-0.1, -0.05) is 68.1 Å². The van der Waals surface area contributed by atoms with E-state index < -0.39 is 0 Å². The molecule has 0 unspecified atom stereocenters. The van der Waals surface area contributed by atoms with Crippen molar-refractivity contribution in [2.45, 2.75) is 44.8 Å². The Morgan fingerprint density at radius 3 is 2.43 bits per heavy atom. The average molecular weight is 484 g/mol. The molecule has 0 bridgehead atoms. The fourth-order valence-electron chi connectivity index (χ4n) is 4.68. The molecule has 0 fully saturated rings. The van der Waals surface area contributed by atoms with Crippen molar-refractivity contribution in [1.82, 2.24) is 24.6 Å². The van der Waals surface area contributed by atoms with Crippen LogP contribution >= 0.6 is 11.8 Å². The minimum absolute atomic E-state index is 0.126. The van der Waals surface area contributed by atoms with Gasteiger partial charge in [-0.25, -0.2) is 0 Å². The predicted octanol–water partition coefficient (Wildman–Crippen LogP) is 5.13. The van der Waals surface area contributed by atoms with Gasteiger partial charge >= 0.3 is 0 Å². The fourth-order valence-corrected chi connectivity index (χ4v) is 5.52. The zero-order chi connectivity index (χ0) is 24.2. The maximum atomic E-state index is 13.2. The van der Waals surface area contributed by atoms with Crippen LogP contribution in [0.1, 0.15) is 36.1 Å². The first-order chi connectivity index (χ1) is 17.2. The average Bonchev–Trinajstić information content (AvgIpc) is 3.34. The topological polar surface area (TPSA) is 63.9 Å². The molecule has 0 atom stereocenters. The van der Waals surface area contributed by atoms with Gasteiger partial charge in [0.15, 0.2) is 11.0 Å². The Labute approximate surface area is 210 Å². The van der Waals surface area contributed by atoms with Gasteiger partial charge < -0.3 is 4.90 Å². The fraction of sp³-hybridized carbons (Fsp3) is 0.286. The number of amides is 1. The molecule has 0 aliphatic carbocycles. The van der Waals surface area contributed by atoms with Gasteiger partial charge in [-0.3, -0.25) is 14.3 Å². The molecular formula is C28H29N5OS. The quantitative estimate of drug-likeness (QED) is 0.341. The molecule has 1 aliphatic heterocycles. The number of aryl methyl sites for hydroxylation is 2. The van der Waals surface area contributed by atoms with E-state index in [1.165, 1.54) is 34.0 Å². The first kappa shape index (κ1) is 23.3. The van der Waals surface area contributed by atoms with E-state index in [2.05, 4.69) is 70.0 Å². The van der Waals surface area contributed by atoms with Crippen molar-refractivity contribution in [2.75, 3.05) is 12.3 Å². The first-order valence-electron chi connectivity index (χ1n) is 12.1. The minimum atomic E-state index is 0.126. The van der Waals surface area contributed by atoms with Crippen molar-refractivity contribution in [2.24, 2.45) is 0 Å². The molecule has 5 rings (SSSR count). The van der Waals surface area contributed by atoms with Crippen LogP contribution in [-0.4, -0.2) is 42.9 Å². The second-order valence-electron chi connectivity index (χ2n) is 8.64. The van der Waals surface area contributed by atoms with Gasteiger partial charge in [-0.05, 0) is 53.6 Å². The number of nitrogens with zero attached hydrogens (tertiary/aromatic N) is 5. The third-order valence-corrected chi connectivity index (χ3v) is 7.46. The standard InChI is InChI=1S/C28H29N5OS/c1-3-20-11-7-12-21(4-2)26(20)33-27(23-13-8-15-29-17-23)30-31-28(33)35-19-25(34)32-16-14-22-9-5-6-10-24(22)18-32/h5-13,15,17H,3-4,14,16,18-19H2,1-2H3. The molecule has 0 saturated carbocycles. The van der Waals surface area contributed by atoms with E-state index in [0.29, 0.717) is 12.3 Å². The van der Waals surface area contributed by atoms with Crippen LogP contribution in [-0.2, 0) is 30.6 Å². The Balaban J connectivity index is 1.47. The SMILES string of the molecule is CCc1cccc(CC)c1-n1c(SCC(=O)N2CCc3ccccc3C2)nnc1-c1cccnc1. The zero-order valence-corrected chi connectivity index (χ0v) is 21.0. The number of fused-ring (bicyclic) bond motifs is 1. The Hall–Kier alpha value is -3.45. The summed E-state index contributed by atoms with van der Waals surface area (Å²) >= 11 is 1.46. The van der Waals surface area contributed by atoms with Crippen molar-refractivity contribution in [1.29, 1.82) is 0 Å². The summed E-state index contributed by atoms with van der Waals surface area (Å²) in [5.74, 6) is 1.19. The van der Waals surface area contributed by atoms with Crippen LogP contribution in [0, 0.1) is 0 Å². The molecule has 4 aromatic rings. The number of pyridine rings is 1. The number of aromatic nitrogens is 4. The van der Waals surface area contributed by atoms with E-state index >= 15 is 0 Å². The number of rotatable bonds is 7. The second-order valence-corrected chi connectivity index (χ2v) is 9.58. The lowest BCUT2D eigenvalue weighted by molar-refractivity contribution is -0.129. The predicted molar refractivity (Wildman–Crippen MR) is 140 cm³/mol. The summed E-state index contributed by atoms with van der Waals surface area (Å²) in [5, 5.41) is 9.84. The van der Waals surface area contributed by atoms with Crippen molar-refractivity contribution in [3.63, 3.8) is 0 Å². The van der Waals surface area contributed by atoms with Gasteiger partial charge in [0, 0.05) is 31.0 Å². The molecule has 0 N–H and O–H groups in total. The van der Waals surface area contributed by atoms with Crippen LogP contribution in [0.5, 0.6) is 0 Å². The summed E-state index contributed by atoms with van der Waals surface area (Å²) in [5.41, 5.74) is 7.06. The second kappa shape index (κ2) is 10.4. The highest BCUT2D eigenvalue weighted by Gasteiger charge is 2.24. The summed E-state index contributed by atoms with van der Waals surface area (Å²) in [6, 6.07) is 18.7. The Kier molecular flexibility index (Phi) is 6.95. The summed E-state index contributed by atoms with van der Waals surface area (Å²) < 4.78 is 2.12. The van der Waals surface area contributed by atoms with Crippen molar-refractivity contribution in [3.8, 4) is 17.1 Å². The number of carbonyl (C=O) groups excluding carboxylic acids is 1. The number of hydrogen-bond acceptors (Lipinski definition) is 5. The van der Waals surface area contributed by atoms with E-state index in [9.17, 15) is 4.79 Å². The molecule has 1 aliphatic rings. The van der Waals surface area contributed by atoms with Gasteiger partial charge in [0.05, 0.1) is 11.4 Å². The van der Waals surface area contributed by atoms with Crippen molar-refractivity contribution in [3.05, 3.63) is 89.2 Å². The van der Waals surface area contributed by atoms with Gasteiger partial charge in [0.25, 0.3) is 0 Å². The highest BCUT2D eigenvalue weighted by molar-refractivity contribution is 7.99. The summed E-state index contributed by atoms with van der Waals surface area (Å²) in [7, 11) is 0. The minimum Gasteiger partial charge on any atom is -0.337 e. The molecule has 0 radical (unpaired) electrons. The Morgan fingerprint density at radius 2 is 1.71 bits per heavy atom. The zero-order valence-electron chi connectivity index (χ0n) is 20.1. The van der Waals surface area contributed by atoms with Crippen molar-refractivity contribution < 1.29 is 4.79 Å². The number of thioether (sulfide) groups is 1. The smallest absolute Gasteiger partial charge is 0.233 e. The summed E-state index contributed by atoms with van der Waals surface area (Å²) in [4.78, 5) is 19.4. The van der Waals surface area contributed by atoms with Gasteiger partial charge in [0.2, 0.25) is 5.91 Å². The van der Waals surface area contributed by atoms with Crippen LogP contribution in [0.3, 0.4) is 0 Å². The van der Waals surface area contributed by atoms with E-state index in [4.69, 9.17) is 0 Å². The molecule has 7 heteroatoms. The van der Waals surface area contributed by atoms with Crippen LogP contribution in [0.2, 0.25) is 0 Å². The number of hydrogen-bond donors (Lipinski definition) is 0. The van der Waals surface area contributed by atoms with Crippen LogP contribution in [0.15, 0.2) is 72.1 Å². The third-order valence-electron chi connectivity index (χ3n) is 6.55. The molecule has 178 valence electrons. The summed E-state index contributed by atoms with van der Waals surface area (Å²) in [6.07, 6.45) is 6.25. The van der Waals surface area contributed by atoms with E-state index in [1.54, 1.807) is 6.20 Å². The number of carbonyl (C=O) groups is 1. The summed E-state index contributed by atoms with van der Waals surface area (Å²) in [6.45, 7) is 5.75. The van der Waals surface area contributed by atoms with Crippen LogP contribution < -0.4 is 0 Å². The molecule has 1 amide bonds. The Bertz CT molecular complexity index is 1310. The lowest BCUT2D eigenvalue weighted by Gasteiger charge is -2.28. The monoisotopic (exact) mass is 483 g/mol. The normalized spacial score (nSPS) is 13.0. The first-order valence-corrected chi connectivity index (χ1v) is 13.1. The van der Waals surface area contributed by atoms with Crippen LogP contribution in [0.4, 0.5) is 0 Å². The van der Waals surface area contributed by atoms with Gasteiger partial charge in [-0.15, -0.1) is 10.2 Å². The molecule has 3 heterocycles. The van der Waals surface area contributed by atoms with Crippen molar-refractivity contribution >= 4 is 17.7 Å². The lowest BCUT2D eigenvalue weighted by Crippen LogP contribution is -2.37. The molecule has 2 aromatic carbocycles. The van der Waals surface area contributed by atoms with Gasteiger partial charge in [-0.2, -0.15) is 0 Å². The molecule has 0 spiro atoms. The lowest BCUT2D eigenvalue weighted by atomic mass is 10.00. The van der Waals surface area contributed by atoms with E-state index in [-0.39, 0.29) is 5.91 Å².